The van der Waals surface area contributed by atoms with Gasteiger partial charge in [-0.15, -0.1) is 0 Å². The second-order valence-electron chi connectivity index (χ2n) is 3.02. The molecule has 4 heteroatoms. The summed E-state index contributed by atoms with van der Waals surface area (Å²) in [6.45, 7) is 0.695. The smallest absolute Gasteiger partial charge is 0.121 e. The molecule has 0 spiro atoms. The van der Waals surface area contributed by atoms with Crippen LogP contribution in [0.25, 0.3) is 11.0 Å². The van der Waals surface area contributed by atoms with Crippen LogP contribution < -0.4 is 4.74 Å². The molecule has 0 atom stereocenters. The fraction of sp³-hybridized carbons (Fsp3) is 0.300. The molecule has 2 rings (SSSR count). The zero-order chi connectivity index (χ0) is 9.97. The predicted molar refractivity (Wildman–Crippen MR) is 53.4 cm³/mol. The number of rotatable bonds is 3. The number of nitrogens with zero attached hydrogens (tertiary/aromatic N) is 2. The van der Waals surface area contributed by atoms with Gasteiger partial charge in [-0.25, -0.2) is 4.98 Å². The Labute approximate surface area is 81.8 Å². The molecule has 1 aromatic heterocycles. The summed E-state index contributed by atoms with van der Waals surface area (Å²) in [7, 11) is 1.63. The summed E-state index contributed by atoms with van der Waals surface area (Å²) in [5, 5.41) is 8.82. The SMILES string of the molecule is COc1ccc2c(c1)ncn2CCO. The van der Waals surface area contributed by atoms with Gasteiger partial charge in [0, 0.05) is 12.6 Å². The maximum atomic E-state index is 8.82. The minimum absolute atomic E-state index is 0.123. The van der Waals surface area contributed by atoms with E-state index in [0.29, 0.717) is 6.54 Å². The highest BCUT2D eigenvalue weighted by atomic mass is 16.5. The lowest BCUT2D eigenvalue weighted by molar-refractivity contribution is 0.278. The number of methoxy groups -OCH3 is 1. The van der Waals surface area contributed by atoms with Crippen molar-refractivity contribution in [1.82, 2.24) is 9.55 Å². The molecule has 0 saturated heterocycles. The maximum absolute atomic E-state index is 8.82. The van der Waals surface area contributed by atoms with Crippen LogP contribution >= 0.6 is 0 Å². The van der Waals surface area contributed by atoms with Gasteiger partial charge in [-0.05, 0) is 12.1 Å². The molecule has 1 heterocycles. The van der Waals surface area contributed by atoms with Crippen molar-refractivity contribution in [3.8, 4) is 5.75 Å². The molecule has 0 fully saturated rings. The summed E-state index contributed by atoms with van der Waals surface area (Å²) < 4.78 is 7.00. The number of ether oxygens (including phenoxy) is 1. The molecule has 2 aromatic rings. The molecule has 0 aliphatic carbocycles. The van der Waals surface area contributed by atoms with Crippen molar-refractivity contribution in [3.05, 3.63) is 24.5 Å². The third kappa shape index (κ3) is 1.44. The van der Waals surface area contributed by atoms with Gasteiger partial charge in [0.05, 0.1) is 31.1 Å². The first-order chi connectivity index (χ1) is 6.85. The Kier molecular flexibility index (Phi) is 2.37. The van der Waals surface area contributed by atoms with Crippen molar-refractivity contribution < 1.29 is 9.84 Å². The molecule has 1 aromatic carbocycles. The van der Waals surface area contributed by atoms with Crippen molar-refractivity contribution in [2.45, 2.75) is 6.54 Å². The Morgan fingerprint density at radius 2 is 2.36 bits per heavy atom. The number of benzene rings is 1. The van der Waals surface area contributed by atoms with E-state index < -0.39 is 0 Å². The molecule has 0 saturated carbocycles. The van der Waals surface area contributed by atoms with Crippen LogP contribution in [0.5, 0.6) is 5.75 Å². The normalized spacial score (nSPS) is 10.7. The monoisotopic (exact) mass is 192 g/mol. The van der Waals surface area contributed by atoms with Crippen LogP contribution in [0.15, 0.2) is 24.5 Å². The lowest BCUT2D eigenvalue weighted by Crippen LogP contribution is -1.99. The molecule has 0 amide bonds. The first-order valence-electron chi connectivity index (χ1n) is 4.45. The fourth-order valence-corrected chi connectivity index (χ4v) is 1.46. The standard InChI is InChI=1S/C10H12N2O2/c1-14-8-2-3-10-9(6-8)11-7-12(10)4-5-13/h2-3,6-7,13H,4-5H2,1H3. The molecular formula is C10H12N2O2. The largest absolute Gasteiger partial charge is 0.497 e. The van der Waals surface area contributed by atoms with Crippen molar-refractivity contribution in [2.75, 3.05) is 13.7 Å². The Bertz CT molecular complexity index is 437. The van der Waals surface area contributed by atoms with E-state index >= 15 is 0 Å². The number of hydrogen-bond donors (Lipinski definition) is 1. The van der Waals surface area contributed by atoms with Crippen LogP contribution in [-0.2, 0) is 6.54 Å². The van der Waals surface area contributed by atoms with Crippen LogP contribution in [0.3, 0.4) is 0 Å². The van der Waals surface area contributed by atoms with Crippen LogP contribution in [0, 0.1) is 0 Å². The molecule has 0 unspecified atom stereocenters. The zero-order valence-electron chi connectivity index (χ0n) is 7.97. The van der Waals surface area contributed by atoms with Crippen LogP contribution in [0.4, 0.5) is 0 Å². The van der Waals surface area contributed by atoms with Crippen molar-refractivity contribution in [3.63, 3.8) is 0 Å². The predicted octanol–water partition coefficient (Wildman–Crippen LogP) is 1.04. The van der Waals surface area contributed by atoms with E-state index in [1.165, 1.54) is 0 Å². The summed E-state index contributed by atoms with van der Waals surface area (Å²) in [5.41, 5.74) is 1.90. The van der Waals surface area contributed by atoms with Gasteiger partial charge in [0.2, 0.25) is 0 Å². The summed E-state index contributed by atoms with van der Waals surface area (Å²) in [6.07, 6.45) is 1.72. The van der Waals surface area contributed by atoms with E-state index in [9.17, 15) is 0 Å². The van der Waals surface area contributed by atoms with Crippen molar-refractivity contribution in [1.29, 1.82) is 0 Å². The number of aliphatic hydroxyl groups is 1. The molecule has 0 aliphatic heterocycles. The van der Waals surface area contributed by atoms with Gasteiger partial charge < -0.3 is 14.4 Å². The van der Waals surface area contributed by atoms with Gasteiger partial charge in [0.15, 0.2) is 0 Å². The van der Waals surface area contributed by atoms with Crippen molar-refractivity contribution >= 4 is 11.0 Å². The molecule has 0 aliphatic rings. The molecular weight excluding hydrogens is 180 g/mol. The Morgan fingerprint density at radius 3 is 3.07 bits per heavy atom. The summed E-state index contributed by atoms with van der Waals surface area (Å²) in [6, 6.07) is 5.71. The lowest BCUT2D eigenvalue weighted by atomic mass is 10.3. The van der Waals surface area contributed by atoms with E-state index in [1.54, 1.807) is 13.4 Å². The molecule has 14 heavy (non-hydrogen) atoms. The van der Waals surface area contributed by atoms with Gasteiger partial charge in [-0.2, -0.15) is 0 Å². The first kappa shape index (κ1) is 9.02. The van der Waals surface area contributed by atoms with Gasteiger partial charge >= 0.3 is 0 Å². The minimum atomic E-state index is 0.123. The number of aromatic nitrogens is 2. The van der Waals surface area contributed by atoms with Gasteiger partial charge in [-0.3, -0.25) is 0 Å². The Hall–Kier alpha value is -1.55. The van der Waals surface area contributed by atoms with E-state index in [4.69, 9.17) is 9.84 Å². The summed E-state index contributed by atoms with van der Waals surface area (Å²) in [4.78, 5) is 4.22. The average molecular weight is 192 g/mol. The van der Waals surface area contributed by atoms with E-state index in [2.05, 4.69) is 4.98 Å². The lowest BCUT2D eigenvalue weighted by Gasteiger charge is -2.01. The third-order valence-corrected chi connectivity index (χ3v) is 2.17. The maximum Gasteiger partial charge on any atom is 0.121 e. The average Bonchev–Trinajstić information content (AvgIpc) is 2.61. The van der Waals surface area contributed by atoms with E-state index in [-0.39, 0.29) is 6.61 Å². The summed E-state index contributed by atoms with van der Waals surface area (Å²) in [5.74, 6) is 0.798. The quantitative estimate of drug-likeness (QED) is 0.790. The molecule has 0 bridgehead atoms. The Balaban J connectivity index is 2.48. The number of hydrogen-bond acceptors (Lipinski definition) is 3. The van der Waals surface area contributed by atoms with Gasteiger partial charge in [0.25, 0.3) is 0 Å². The van der Waals surface area contributed by atoms with Crippen LogP contribution in [0.2, 0.25) is 0 Å². The first-order valence-corrected chi connectivity index (χ1v) is 4.45. The van der Waals surface area contributed by atoms with Crippen LogP contribution in [-0.4, -0.2) is 28.4 Å². The fourth-order valence-electron chi connectivity index (χ4n) is 1.46. The molecule has 74 valence electrons. The van der Waals surface area contributed by atoms with Crippen LogP contribution in [0.1, 0.15) is 0 Å². The second-order valence-corrected chi connectivity index (χ2v) is 3.02. The van der Waals surface area contributed by atoms with Gasteiger partial charge in [-0.1, -0.05) is 0 Å². The zero-order valence-corrected chi connectivity index (χ0v) is 7.97. The second kappa shape index (κ2) is 3.67. The van der Waals surface area contributed by atoms with E-state index in [1.807, 2.05) is 22.8 Å². The highest BCUT2D eigenvalue weighted by molar-refractivity contribution is 5.76. The minimum Gasteiger partial charge on any atom is -0.497 e. The Morgan fingerprint density at radius 1 is 1.50 bits per heavy atom. The third-order valence-electron chi connectivity index (χ3n) is 2.17. The topological polar surface area (TPSA) is 47.3 Å². The molecule has 0 radical (unpaired) electrons. The number of imidazole rings is 1. The summed E-state index contributed by atoms with van der Waals surface area (Å²) >= 11 is 0. The van der Waals surface area contributed by atoms with Gasteiger partial charge in [0.1, 0.15) is 5.75 Å². The highest BCUT2D eigenvalue weighted by Gasteiger charge is 2.02. The van der Waals surface area contributed by atoms with Crippen molar-refractivity contribution in [2.24, 2.45) is 0 Å². The highest BCUT2D eigenvalue weighted by Crippen LogP contribution is 2.19. The van der Waals surface area contributed by atoms with E-state index in [0.717, 1.165) is 16.8 Å². The number of aliphatic hydroxyl groups excluding tert-OH is 1. The number of fused-ring (bicyclic) bond motifs is 1. The molecule has 4 nitrogen and oxygen atoms in total. The molecule has 1 N–H and O–H groups in total.